The fourth-order valence-corrected chi connectivity index (χ4v) is 4.75. The van der Waals surface area contributed by atoms with Gasteiger partial charge in [-0.2, -0.15) is 0 Å². The van der Waals surface area contributed by atoms with E-state index in [2.05, 4.69) is 5.32 Å². The van der Waals surface area contributed by atoms with Gasteiger partial charge in [-0.15, -0.1) is 0 Å². The van der Waals surface area contributed by atoms with E-state index in [1.165, 1.54) is 15.9 Å². The minimum Gasteiger partial charge on any atom is -0.497 e. The summed E-state index contributed by atoms with van der Waals surface area (Å²) in [5.74, 6) is -0.230. The van der Waals surface area contributed by atoms with Crippen molar-refractivity contribution in [2.75, 3.05) is 28.3 Å². The Balaban J connectivity index is 1.96. The highest BCUT2D eigenvalue weighted by Crippen LogP contribution is 2.23. The summed E-state index contributed by atoms with van der Waals surface area (Å²) in [6.07, 6.45) is 4.29. The Labute approximate surface area is 243 Å². The van der Waals surface area contributed by atoms with Crippen molar-refractivity contribution >= 4 is 28.5 Å². The highest BCUT2D eigenvalue weighted by Gasteiger charge is 2.34. The molecule has 0 aromatic heterocycles. The Morgan fingerprint density at radius 1 is 0.927 bits per heavy atom. The normalized spacial score (nSPS) is 13.0. The van der Waals surface area contributed by atoms with Gasteiger partial charge >= 0.3 is 0 Å². The van der Waals surface area contributed by atoms with Crippen molar-refractivity contribution in [1.82, 2.24) is 15.1 Å². The number of nitrogens with zero attached hydrogens (tertiary/aromatic N) is 2. The molecule has 0 radical (unpaired) electrons. The molecule has 0 saturated heterocycles. The highest BCUT2D eigenvalue weighted by atomic mass is 16.5. The third-order valence-electron chi connectivity index (χ3n) is 7.25. The molecule has 0 unspecified atom stereocenters. The lowest BCUT2D eigenvalue weighted by Gasteiger charge is -2.34. The van der Waals surface area contributed by atoms with Crippen LogP contribution in [0, 0.1) is 0 Å². The summed E-state index contributed by atoms with van der Waals surface area (Å²) in [6.45, 7) is 3.77. The summed E-state index contributed by atoms with van der Waals surface area (Å²) in [7, 11) is 6.39. The first kappa shape index (κ1) is 31.4. The Morgan fingerprint density at radius 3 is 2.22 bits per heavy atom. The fraction of sp³-hybridized carbons (Fsp3) is 0.364. The second-order valence-corrected chi connectivity index (χ2v) is 11.0. The van der Waals surface area contributed by atoms with Gasteiger partial charge in [0.05, 0.1) is 7.11 Å². The molecule has 0 fully saturated rings. The van der Waals surface area contributed by atoms with Crippen LogP contribution in [-0.4, -0.2) is 73.4 Å². The van der Waals surface area contributed by atoms with Crippen LogP contribution in [0.3, 0.4) is 0 Å². The molecule has 0 saturated carbocycles. The number of amides is 3. The van der Waals surface area contributed by atoms with Gasteiger partial charge < -0.3 is 25.6 Å². The number of likely N-dealkylation sites (N-methyl/N-ethyl adjacent to an activating group) is 3. The van der Waals surface area contributed by atoms with Gasteiger partial charge in [-0.05, 0) is 60.4 Å². The molecule has 8 nitrogen and oxygen atoms in total. The van der Waals surface area contributed by atoms with Gasteiger partial charge in [-0.25, -0.2) is 0 Å². The number of nitrogens with one attached hydrogen (secondary N) is 1. The van der Waals surface area contributed by atoms with Crippen molar-refractivity contribution < 1.29 is 19.1 Å². The molecule has 3 amide bonds. The first-order chi connectivity index (χ1) is 19.4. The van der Waals surface area contributed by atoms with E-state index in [-0.39, 0.29) is 24.1 Å². The van der Waals surface area contributed by atoms with Crippen molar-refractivity contribution in [3.8, 4) is 5.75 Å². The van der Waals surface area contributed by atoms with Crippen LogP contribution in [0.5, 0.6) is 5.75 Å². The van der Waals surface area contributed by atoms with Gasteiger partial charge in [-0.3, -0.25) is 14.4 Å². The number of rotatable bonds is 12. The van der Waals surface area contributed by atoms with Crippen molar-refractivity contribution in [3.05, 3.63) is 90.0 Å². The summed E-state index contributed by atoms with van der Waals surface area (Å²) in [5.41, 5.74) is 7.43. The zero-order valence-corrected chi connectivity index (χ0v) is 24.9. The van der Waals surface area contributed by atoms with Gasteiger partial charge in [0, 0.05) is 39.5 Å². The van der Waals surface area contributed by atoms with Crippen LogP contribution in [0.15, 0.2) is 78.9 Å². The molecule has 0 bridgehead atoms. The fourth-order valence-electron chi connectivity index (χ4n) is 4.75. The van der Waals surface area contributed by atoms with E-state index < -0.39 is 17.6 Å². The third-order valence-corrected chi connectivity index (χ3v) is 7.25. The van der Waals surface area contributed by atoms with Crippen LogP contribution in [0.1, 0.15) is 31.4 Å². The van der Waals surface area contributed by atoms with Crippen LogP contribution in [0.4, 0.5) is 0 Å². The summed E-state index contributed by atoms with van der Waals surface area (Å²) < 4.78 is 5.25. The van der Waals surface area contributed by atoms with Crippen LogP contribution in [0.2, 0.25) is 0 Å². The lowest BCUT2D eigenvalue weighted by atomic mass is 9.96. The molecular formula is C33H42N4O4. The summed E-state index contributed by atoms with van der Waals surface area (Å²) >= 11 is 0. The zero-order chi connectivity index (χ0) is 30.2. The number of nitrogens with two attached hydrogens (primary N) is 1. The van der Waals surface area contributed by atoms with Crippen molar-refractivity contribution in [3.63, 3.8) is 0 Å². The van der Waals surface area contributed by atoms with Crippen LogP contribution in [-0.2, 0) is 27.2 Å². The predicted molar refractivity (Wildman–Crippen MR) is 164 cm³/mol. The maximum Gasteiger partial charge on any atom is 0.246 e. The number of carbonyl (C=O) groups is 3. The zero-order valence-electron chi connectivity index (χ0n) is 24.9. The van der Waals surface area contributed by atoms with Gasteiger partial charge in [-0.1, -0.05) is 60.7 Å². The lowest BCUT2D eigenvalue weighted by Crippen LogP contribution is -2.55. The quantitative estimate of drug-likeness (QED) is 0.330. The third kappa shape index (κ3) is 8.41. The van der Waals surface area contributed by atoms with Gasteiger partial charge in [0.15, 0.2) is 0 Å². The number of hydrogen-bond acceptors (Lipinski definition) is 5. The largest absolute Gasteiger partial charge is 0.497 e. The molecule has 0 spiro atoms. The maximum atomic E-state index is 14.2. The SMILES string of the molecule is CNC(=O)[C@@H](Cc1ccc(OC)cc1)N(C)C(=O)[C@@H](Cc1cccc2ccccc12)N(C)C(=O)/C=C/CC(C)(C)N. The van der Waals surface area contributed by atoms with Crippen LogP contribution in [0.25, 0.3) is 10.8 Å². The molecule has 0 aliphatic rings. The Kier molecular flexibility index (Phi) is 10.7. The molecule has 3 N–H and O–H groups in total. The lowest BCUT2D eigenvalue weighted by molar-refractivity contribution is -0.146. The molecule has 41 heavy (non-hydrogen) atoms. The molecule has 0 aliphatic carbocycles. The predicted octanol–water partition coefficient (Wildman–Crippen LogP) is 3.72. The number of ether oxygens (including phenoxy) is 1. The standard InChI is InChI=1S/C33H42N4O4/c1-33(2,34)20-10-15-30(38)36(4)29(22-25-13-9-12-24-11-7-8-14-27(24)25)32(40)37(5)28(31(39)35-3)21-23-16-18-26(41-6)19-17-23/h7-19,28-29H,20-22,34H2,1-6H3,(H,35,39)/b15-10+/t28-,29-/m1/s1. The Hall–Kier alpha value is -4.17. The molecule has 8 heteroatoms. The van der Waals surface area contributed by atoms with E-state index in [0.29, 0.717) is 18.6 Å². The summed E-state index contributed by atoms with van der Waals surface area (Å²) in [4.78, 5) is 43.5. The van der Waals surface area contributed by atoms with Gasteiger partial charge in [0.1, 0.15) is 17.8 Å². The molecule has 218 valence electrons. The van der Waals surface area contributed by atoms with E-state index in [1.54, 1.807) is 34.3 Å². The van der Waals surface area contributed by atoms with E-state index in [9.17, 15) is 14.4 Å². The van der Waals surface area contributed by atoms with Crippen molar-refractivity contribution in [2.24, 2.45) is 5.73 Å². The van der Waals surface area contributed by atoms with Crippen molar-refractivity contribution in [1.29, 1.82) is 0 Å². The highest BCUT2D eigenvalue weighted by molar-refractivity contribution is 5.95. The second-order valence-electron chi connectivity index (χ2n) is 11.0. The second kappa shape index (κ2) is 13.9. The average molecular weight is 559 g/mol. The topological polar surface area (TPSA) is 105 Å². The van der Waals surface area contributed by atoms with Gasteiger partial charge in [0.2, 0.25) is 17.7 Å². The minimum absolute atomic E-state index is 0.284. The molecular weight excluding hydrogens is 516 g/mol. The first-order valence-electron chi connectivity index (χ1n) is 13.7. The van der Waals surface area contributed by atoms with Crippen LogP contribution >= 0.6 is 0 Å². The minimum atomic E-state index is -0.850. The summed E-state index contributed by atoms with van der Waals surface area (Å²) in [5, 5.41) is 4.75. The van der Waals surface area contributed by atoms with Gasteiger partial charge in [0.25, 0.3) is 0 Å². The molecule has 2 atom stereocenters. The Morgan fingerprint density at radius 2 is 1.59 bits per heavy atom. The van der Waals surface area contributed by atoms with E-state index in [1.807, 2.05) is 80.6 Å². The molecule has 3 aromatic rings. The first-order valence-corrected chi connectivity index (χ1v) is 13.7. The summed E-state index contributed by atoms with van der Waals surface area (Å²) in [6, 6.07) is 19.7. The molecule has 3 rings (SSSR count). The smallest absolute Gasteiger partial charge is 0.246 e. The van der Waals surface area contributed by atoms with Crippen LogP contribution < -0.4 is 15.8 Å². The number of fused-ring (bicyclic) bond motifs is 1. The molecule has 0 aliphatic heterocycles. The maximum absolute atomic E-state index is 14.2. The van der Waals surface area contributed by atoms with E-state index >= 15 is 0 Å². The monoisotopic (exact) mass is 558 g/mol. The number of benzene rings is 3. The van der Waals surface area contributed by atoms with Crippen molar-refractivity contribution in [2.45, 2.75) is 50.7 Å². The number of hydrogen-bond donors (Lipinski definition) is 2. The molecule has 3 aromatic carbocycles. The van der Waals surface area contributed by atoms with E-state index in [4.69, 9.17) is 10.5 Å². The number of methoxy groups -OCH3 is 1. The average Bonchev–Trinajstić information content (AvgIpc) is 2.96. The number of carbonyl (C=O) groups excluding carboxylic acids is 3. The molecule has 0 heterocycles. The Bertz CT molecular complexity index is 1370. The van der Waals surface area contributed by atoms with E-state index in [0.717, 1.165) is 21.9 Å².